The van der Waals surface area contributed by atoms with E-state index in [1.807, 2.05) is 42.5 Å². The minimum absolute atomic E-state index is 0.142. The Morgan fingerprint density at radius 2 is 1.65 bits per heavy atom. The van der Waals surface area contributed by atoms with Crippen LogP contribution in [-0.2, 0) is 11.2 Å². The van der Waals surface area contributed by atoms with Crippen LogP contribution in [0.4, 0.5) is 0 Å². The molecule has 0 radical (unpaired) electrons. The fraction of sp³-hybridized carbons (Fsp3) is 0.409. The Hall–Kier alpha value is -2.49. The second kappa shape index (κ2) is 9.85. The summed E-state index contributed by atoms with van der Waals surface area (Å²) in [6.45, 7) is 8.96. The fourth-order valence-corrected chi connectivity index (χ4v) is 2.72. The van der Waals surface area contributed by atoms with E-state index in [2.05, 4.69) is 32.2 Å². The predicted molar refractivity (Wildman–Crippen MR) is 105 cm³/mol. The summed E-state index contributed by atoms with van der Waals surface area (Å²) in [4.78, 5) is 12.2. The number of hydrogen-bond acceptors (Lipinski definition) is 3. The van der Waals surface area contributed by atoms with Crippen LogP contribution in [0, 0.1) is 0 Å². The van der Waals surface area contributed by atoms with E-state index in [1.165, 1.54) is 5.56 Å². The first kappa shape index (κ1) is 19.8. The lowest BCUT2D eigenvalue weighted by Gasteiger charge is -2.17. The molecule has 0 bridgehead atoms. The van der Waals surface area contributed by atoms with Crippen LogP contribution in [0.2, 0.25) is 0 Å². The summed E-state index contributed by atoms with van der Waals surface area (Å²) in [7, 11) is 0. The number of carbonyl (C=O) groups excluding carboxylic acids is 1. The second-order valence-electron chi connectivity index (χ2n) is 6.55. The van der Waals surface area contributed by atoms with Crippen molar-refractivity contribution in [2.45, 2.75) is 46.1 Å². The third-order valence-electron chi connectivity index (χ3n) is 4.23. The largest absolute Gasteiger partial charge is 0.491 e. The van der Waals surface area contributed by atoms with Crippen molar-refractivity contribution in [1.82, 2.24) is 5.32 Å². The summed E-state index contributed by atoms with van der Waals surface area (Å²) in [5.41, 5.74) is 2.27. The van der Waals surface area contributed by atoms with Crippen molar-refractivity contribution in [2.75, 3.05) is 13.2 Å². The molecule has 4 nitrogen and oxygen atoms in total. The Labute approximate surface area is 156 Å². The van der Waals surface area contributed by atoms with Gasteiger partial charge in [-0.2, -0.15) is 0 Å². The summed E-state index contributed by atoms with van der Waals surface area (Å²) >= 11 is 0. The highest BCUT2D eigenvalue weighted by Crippen LogP contribution is 2.25. The molecule has 4 heteroatoms. The number of hydrogen-bond donors (Lipinski definition) is 1. The number of rotatable bonds is 9. The van der Waals surface area contributed by atoms with E-state index in [0.29, 0.717) is 19.1 Å². The van der Waals surface area contributed by atoms with Gasteiger partial charge in [-0.3, -0.25) is 4.79 Å². The van der Waals surface area contributed by atoms with E-state index in [-0.39, 0.29) is 5.91 Å². The van der Waals surface area contributed by atoms with Crippen LogP contribution < -0.4 is 14.8 Å². The molecule has 0 aliphatic rings. The lowest BCUT2D eigenvalue weighted by molar-refractivity contribution is -0.127. The van der Waals surface area contributed by atoms with Gasteiger partial charge in [-0.1, -0.05) is 57.2 Å². The van der Waals surface area contributed by atoms with E-state index in [0.717, 1.165) is 23.5 Å². The predicted octanol–water partition coefficient (Wildman–Crippen LogP) is 4.33. The monoisotopic (exact) mass is 355 g/mol. The van der Waals surface area contributed by atoms with Gasteiger partial charge in [0.1, 0.15) is 18.1 Å². The van der Waals surface area contributed by atoms with Crippen molar-refractivity contribution in [2.24, 2.45) is 0 Å². The highest BCUT2D eigenvalue weighted by atomic mass is 16.5. The maximum Gasteiger partial charge on any atom is 0.260 e. The van der Waals surface area contributed by atoms with Gasteiger partial charge in [0.05, 0.1) is 6.54 Å². The SMILES string of the molecule is CCc1ccccc1O[C@@H](C)C(=O)NCCOc1ccccc1C(C)C. The number of benzene rings is 2. The Kier molecular flexibility index (Phi) is 7.52. The van der Waals surface area contributed by atoms with Crippen molar-refractivity contribution >= 4 is 5.91 Å². The zero-order chi connectivity index (χ0) is 18.9. The fourth-order valence-electron chi connectivity index (χ4n) is 2.72. The summed E-state index contributed by atoms with van der Waals surface area (Å²) < 4.78 is 11.6. The first-order valence-electron chi connectivity index (χ1n) is 9.27. The average molecular weight is 355 g/mol. The maximum absolute atomic E-state index is 12.2. The van der Waals surface area contributed by atoms with Gasteiger partial charge in [-0.15, -0.1) is 0 Å². The lowest BCUT2D eigenvalue weighted by Crippen LogP contribution is -2.38. The molecule has 0 aromatic heterocycles. The zero-order valence-electron chi connectivity index (χ0n) is 16.1. The van der Waals surface area contributed by atoms with Crippen LogP contribution in [0.1, 0.15) is 44.7 Å². The van der Waals surface area contributed by atoms with Crippen molar-refractivity contribution in [1.29, 1.82) is 0 Å². The van der Waals surface area contributed by atoms with Crippen molar-refractivity contribution in [3.05, 3.63) is 59.7 Å². The number of para-hydroxylation sites is 2. The molecule has 0 heterocycles. The van der Waals surface area contributed by atoms with Gasteiger partial charge >= 0.3 is 0 Å². The molecule has 0 unspecified atom stereocenters. The average Bonchev–Trinajstić information content (AvgIpc) is 2.65. The van der Waals surface area contributed by atoms with Crippen molar-refractivity contribution in [3.8, 4) is 11.5 Å². The van der Waals surface area contributed by atoms with Crippen molar-refractivity contribution in [3.63, 3.8) is 0 Å². The summed E-state index contributed by atoms with van der Waals surface area (Å²) in [6.07, 6.45) is 0.318. The lowest BCUT2D eigenvalue weighted by atomic mass is 10.0. The highest BCUT2D eigenvalue weighted by Gasteiger charge is 2.15. The first-order chi connectivity index (χ1) is 12.5. The molecule has 0 saturated carbocycles. The third-order valence-corrected chi connectivity index (χ3v) is 4.23. The van der Waals surface area contributed by atoms with Gasteiger partial charge in [0.15, 0.2) is 6.10 Å². The highest BCUT2D eigenvalue weighted by molar-refractivity contribution is 5.80. The molecule has 1 N–H and O–H groups in total. The van der Waals surface area contributed by atoms with Gasteiger partial charge < -0.3 is 14.8 Å². The molecule has 0 saturated heterocycles. The van der Waals surface area contributed by atoms with Crippen LogP contribution in [0.5, 0.6) is 11.5 Å². The quantitative estimate of drug-likeness (QED) is 0.681. The normalized spacial score (nSPS) is 11.9. The molecule has 2 aromatic rings. The molecular formula is C22H29NO3. The standard InChI is InChI=1S/C22H29NO3/c1-5-18-10-6-8-12-20(18)26-17(4)22(24)23-14-15-25-21-13-9-7-11-19(21)16(2)3/h6-13,16-17H,5,14-15H2,1-4H3,(H,23,24)/t17-/m0/s1. The van der Waals surface area contributed by atoms with Gasteiger partial charge in [0.2, 0.25) is 0 Å². The first-order valence-corrected chi connectivity index (χ1v) is 9.27. The van der Waals surface area contributed by atoms with E-state index < -0.39 is 6.10 Å². The van der Waals surface area contributed by atoms with Crippen LogP contribution in [0.25, 0.3) is 0 Å². The van der Waals surface area contributed by atoms with Gasteiger partial charge in [0.25, 0.3) is 5.91 Å². The molecule has 0 aliphatic carbocycles. The van der Waals surface area contributed by atoms with Gasteiger partial charge in [0, 0.05) is 0 Å². The topological polar surface area (TPSA) is 47.6 Å². The van der Waals surface area contributed by atoms with Gasteiger partial charge in [-0.05, 0) is 42.5 Å². The number of nitrogens with one attached hydrogen (secondary N) is 1. The van der Waals surface area contributed by atoms with E-state index >= 15 is 0 Å². The molecule has 1 amide bonds. The van der Waals surface area contributed by atoms with Crippen molar-refractivity contribution < 1.29 is 14.3 Å². The van der Waals surface area contributed by atoms with E-state index in [4.69, 9.17) is 9.47 Å². The molecule has 2 rings (SSSR count). The minimum Gasteiger partial charge on any atom is -0.491 e. The molecule has 0 spiro atoms. The Balaban J connectivity index is 1.80. The van der Waals surface area contributed by atoms with Gasteiger partial charge in [-0.25, -0.2) is 0 Å². The van der Waals surface area contributed by atoms with E-state index in [9.17, 15) is 4.79 Å². The third kappa shape index (κ3) is 5.51. The Morgan fingerprint density at radius 1 is 1.00 bits per heavy atom. The number of amides is 1. The minimum atomic E-state index is -0.550. The summed E-state index contributed by atoms with van der Waals surface area (Å²) in [6, 6.07) is 15.8. The smallest absolute Gasteiger partial charge is 0.260 e. The molecule has 2 aromatic carbocycles. The molecule has 0 fully saturated rings. The Bertz CT molecular complexity index is 712. The summed E-state index contributed by atoms with van der Waals surface area (Å²) in [5, 5.41) is 2.87. The maximum atomic E-state index is 12.2. The number of ether oxygens (including phenoxy) is 2. The van der Waals surface area contributed by atoms with E-state index in [1.54, 1.807) is 6.92 Å². The van der Waals surface area contributed by atoms with Crippen LogP contribution >= 0.6 is 0 Å². The molecular weight excluding hydrogens is 326 g/mol. The zero-order valence-corrected chi connectivity index (χ0v) is 16.1. The van der Waals surface area contributed by atoms with Crippen LogP contribution in [0.3, 0.4) is 0 Å². The summed E-state index contributed by atoms with van der Waals surface area (Å²) in [5.74, 6) is 1.89. The molecule has 0 aliphatic heterocycles. The molecule has 26 heavy (non-hydrogen) atoms. The number of carbonyl (C=O) groups is 1. The Morgan fingerprint density at radius 3 is 2.35 bits per heavy atom. The molecule has 1 atom stereocenters. The molecule has 140 valence electrons. The van der Waals surface area contributed by atoms with Crippen LogP contribution in [0.15, 0.2) is 48.5 Å². The second-order valence-corrected chi connectivity index (χ2v) is 6.55. The van der Waals surface area contributed by atoms with Crippen LogP contribution in [-0.4, -0.2) is 25.2 Å². The number of aryl methyl sites for hydroxylation is 1.